The number of benzene rings is 11. The van der Waals surface area contributed by atoms with E-state index in [9.17, 15) is 0 Å². The Morgan fingerprint density at radius 2 is 0.738 bits per heavy atom. The first-order valence-corrected chi connectivity index (χ1v) is 22.3. The van der Waals surface area contributed by atoms with E-state index in [0.717, 1.165) is 72.4 Å². The summed E-state index contributed by atoms with van der Waals surface area (Å²) in [5, 5.41) is 4.50. The molecule has 11 aromatic carbocycles. The van der Waals surface area contributed by atoms with E-state index < -0.39 is 5.41 Å². The molecule has 0 radical (unpaired) electrons. The van der Waals surface area contributed by atoms with Crippen LogP contribution in [-0.4, -0.2) is 0 Å². The molecule has 0 fully saturated rings. The monoisotopic (exact) mass is 829 g/mol. The molecular formula is C63H43NO. The first-order valence-electron chi connectivity index (χ1n) is 22.3. The lowest BCUT2D eigenvalue weighted by atomic mass is 9.63. The molecule has 0 unspecified atom stereocenters. The van der Waals surface area contributed by atoms with Crippen molar-refractivity contribution < 1.29 is 4.74 Å². The molecule has 11 aromatic rings. The smallest absolute Gasteiger partial charge is 0.140 e. The van der Waals surface area contributed by atoms with Gasteiger partial charge in [0, 0.05) is 39.0 Å². The van der Waals surface area contributed by atoms with Gasteiger partial charge in [-0.05, 0) is 97.7 Å². The Bertz CT molecular complexity index is 3420. The number of hydrogen-bond acceptors (Lipinski definition) is 2. The minimum Gasteiger partial charge on any atom is -0.455 e. The highest BCUT2D eigenvalue weighted by molar-refractivity contribution is 5.97. The summed E-state index contributed by atoms with van der Waals surface area (Å²) in [6.45, 7) is 0. The fraction of sp³-hybridized carbons (Fsp3) is 0.0159. The summed E-state index contributed by atoms with van der Waals surface area (Å²) in [7, 11) is 0. The number of rotatable bonds is 8. The molecule has 65 heavy (non-hydrogen) atoms. The zero-order valence-corrected chi connectivity index (χ0v) is 35.7. The second-order valence-corrected chi connectivity index (χ2v) is 16.8. The molecule has 0 N–H and O–H groups in total. The summed E-state index contributed by atoms with van der Waals surface area (Å²) in [5.74, 6) is 1.80. The third kappa shape index (κ3) is 6.50. The van der Waals surface area contributed by atoms with Gasteiger partial charge in [0.2, 0.25) is 0 Å². The van der Waals surface area contributed by atoms with E-state index >= 15 is 0 Å². The normalized spacial score (nSPS) is 12.6. The molecule has 0 saturated heterocycles. The van der Waals surface area contributed by atoms with E-state index in [4.69, 9.17) is 4.74 Å². The quantitative estimate of drug-likeness (QED) is 0.151. The minimum absolute atomic E-state index is 0.692. The molecule has 1 heterocycles. The van der Waals surface area contributed by atoms with E-state index in [1.165, 1.54) is 33.4 Å². The number of hydrogen-bond donors (Lipinski definition) is 0. The zero-order chi connectivity index (χ0) is 43.2. The predicted molar refractivity (Wildman–Crippen MR) is 271 cm³/mol. The first kappa shape index (κ1) is 38.2. The highest BCUT2D eigenvalue weighted by atomic mass is 16.5. The molecule has 0 saturated carbocycles. The minimum atomic E-state index is -0.692. The van der Waals surface area contributed by atoms with Gasteiger partial charge in [-0.2, -0.15) is 0 Å². The van der Waals surface area contributed by atoms with Crippen molar-refractivity contribution in [2.75, 3.05) is 4.90 Å². The van der Waals surface area contributed by atoms with Crippen molar-refractivity contribution in [2.24, 2.45) is 0 Å². The van der Waals surface area contributed by atoms with E-state index in [-0.39, 0.29) is 0 Å². The Morgan fingerprint density at radius 1 is 0.292 bits per heavy atom. The van der Waals surface area contributed by atoms with Gasteiger partial charge >= 0.3 is 0 Å². The van der Waals surface area contributed by atoms with Crippen LogP contribution in [0, 0.1) is 0 Å². The Kier molecular flexibility index (Phi) is 9.43. The molecule has 2 heteroatoms. The Balaban J connectivity index is 1.01. The van der Waals surface area contributed by atoms with E-state index in [2.05, 4.69) is 266 Å². The molecule has 1 aliphatic rings. The lowest BCUT2D eigenvalue weighted by molar-refractivity contribution is 0.445. The number of nitrogens with zero attached hydrogens (tertiary/aromatic N) is 1. The average molecular weight is 830 g/mol. The van der Waals surface area contributed by atoms with Gasteiger partial charge in [0.25, 0.3) is 0 Å². The number of fused-ring (bicyclic) bond motifs is 6. The first-order chi connectivity index (χ1) is 32.2. The Hall–Kier alpha value is -8.46. The van der Waals surface area contributed by atoms with Crippen LogP contribution in [0.2, 0.25) is 0 Å². The molecule has 0 atom stereocenters. The van der Waals surface area contributed by atoms with Crippen LogP contribution in [0.15, 0.2) is 261 Å². The summed E-state index contributed by atoms with van der Waals surface area (Å²) in [4.78, 5) is 2.35. The SMILES string of the molecule is c1ccc(-c2ccccc2-c2ccc(N(c3ccccc3)c3cccc(-c4cccc(C5(c6ccccc6)c6ccc7ccccc7c6Oc6c5ccc5ccccc65)c4)c3)cc2)cc1. The van der Waals surface area contributed by atoms with Crippen LogP contribution in [0.25, 0.3) is 54.9 Å². The Morgan fingerprint density at radius 3 is 1.37 bits per heavy atom. The predicted octanol–water partition coefficient (Wildman–Crippen LogP) is 17.0. The number of ether oxygens (including phenoxy) is 1. The third-order valence-electron chi connectivity index (χ3n) is 13.2. The summed E-state index contributed by atoms with van der Waals surface area (Å²) in [6.07, 6.45) is 0. The van der Waals surface area contributed by atoms with Crippen LogP contribution in [-0.2, 0) is 5.41 Å². The van der Waals surface area contributed by atoms with Crippen LogP contribution in [0.5, 0.6) is 11.5 Å². The van der Waals surface area contributed by atoms with Crippen LogP contribution in [0.1, 0.15) is 22.3 Å². The van der Waals surface area contributed by atoms with E-state index in [1.807, 2.05) is 0 Å². The van der Waals surface area contributed by atoms with Crippen molar-refractivity contribution in [3.8, 4) is 44.9 Å². The molecule has 0 spiro atoms. The van der Waals surface area contributed by atoms with Crippen molar-refractivity contribution >= 4 is 38.6 Å². The van der Waals surface area contributed by atoms with Gasteiger partial charge in [-0.3, -0.25) is 0 Å². The van der Waals surface area contributed by atoms with Crippen LogP contribution < -0.4 is 9.64 Å². The molecule has 0 bridgehead atoms. The molecule has 12 rings (SSSR count). The average Bonchev–Trinajstić information content (AvgIpc) is 3.39. The maximum atomic E-state index is 7.20. The van der Waals surface area contributed by atoms with Crippen LogP contribution in [0.4, 0.5) is 17.1 Å². The highest BCUT2D eigenvalue weighted by Gasteiger charge is 2.46. The number of anilines is 3. The molecule has 1 aliphatic heterocycles. The topological polar surface area (TPSA) is 12.5 Å². The van der Waals surface area contributed by atoms with Crippen LogP contribution >= 0.6 is 0 Å². The molecular weight excluding hydrogens is 787 g/mol. The molecule has 0 aliphatic carbocycles. The molecule has 2 nitrogen and oxygen atoms in total. The summed E-state index contributed by atoms with van der Waals surface area (Å²) in [6, 6.07) is 94.3. The van der Waals surface area contributed by atoms with Gasteiger partial charge in [0.1, 0.15) is 11.5 Å². The van der Waals surface area contributed by atoms with Crippen molar-refractivity contribution in [2.45, 2.75) is 5.41 Å². The van der Waals surface area contributed by atoms with E-state index in [0.29, 0.717) is 0 Å². The van der Waals surface area contributed by atoms with Gasteiger partial charge < -0.3 is 9.64 Å². The van der Waals surface area contributed by atoms with Gasteiger partial charge in [-0.15, -0.1) is 0 Å². The lowest BCUT2D eigenvalue weighted by Crippen LogP contribution is -2.34. The maximum Gasteiger partial charge on any atom is 0.140 e. The highest BCUT2D eigenvalue weighted by Crippen LogP contribution is 2.58. The van der Waals surface area contributed by atoms with Crippen molar-refractivity contribution in [3.63, 3.8) is 0 Å². The molecule has 306 valence electrons. The summed E-state index contributed by atoms with van der Waals surface area (Å²) >= 11 is 0. The van der Waals surface area contributed by atoms with E-state index in [1.54, 1.807) is 0 Å². The standard InChI is InChI=1S/C63H43NO/c1-4-18-44(19-5-1)55-30-14-15-31-56(55)47-34-38-53(39-35-47)64(52-27-8-3-9-28-52)54-29-17-23-49(43-54)48-22-16-26-51(42-48)63(50-24-6-2-7-25-50)59-40-36-45-20-10-12-32-57(45)61(59)65-62-58-33-13-11-21-46(58)37-41-60(62)63/h1-43H. The third-order valence-corrected chi connectivity index (χ3v) is 13.2. The maximum absolute atomic E-state index is 7.20. The molecule has 0 aromatic heterocycles. The van der Waals surface area contributed by atoms with Crippen molar-refractivity contribution in [1.29, 1.82) is 0 Å². The van der Waals surface area contributed by atoms with Crippen LogP contribution in [0.3, 0.4) is 0 Å². The van der Waals surface area contributed by atoms with Gasteiger partial charge in [0.15, 0.2) is 0 Å². The zero-order valence-electron chi connectivity index (χ0n) is 35.7. The summed E-state index contributed by atoms with van der Waals surface area (Å²) < 4.78 is 7.20. The number of para-hydroxylation sites is 1. The van der Waals surface area contributed by atoms with Crippen molar-refractivity contribution in [3.05, 3.63) is 283 Å². The fourth-order valence-corrected chi connectivity index (χ4v) is 10.2. The Labute approximate surface area is 379 Å². The second kappa shape index (κ2) is 16.0. The lowest BCUT2D eigenvalue weighted by Gasteiger charge is -2.42. The van der Waals surface area contributed by atoms with Crippen molar-refractivity contribution in [1.82, 2.24) is 0 Å². The summed E-state index contributed by atoms with van der Waals surface area (Å²) in [5.41, 5.74) is 14.3. The largest absolute Gasteiger partial charge is 0.455 e. The second-order valence-electron chi connectivity index (χ2n) is 16.8. The van der Waals surface area contributed by atoms with Gasteiger partial charge in [0.05, 0.1) is 5.41 Å². The van der Waals surface area contributed by atoms with Gasteiger partial charge in [-0.1, -0.05) is 218 Å². The fourth-order valence-electron chi connectivity index (χ4n) is 10.2. The molecule has 0 amide bonds. The van der Waals surface area contributed by atoms with Gasteiger partial charge in [-0.25, -0.2) is 0 Å².